The third-order valence-electron chi connectivity index (χ3n) is 15.5. The number of hydrogen-bond acceptors (Lipinski definition) is 12. The van der Waals surface area contributed by atoms with E-state index >= 15 is 0 Å². The van der Waals surface area contributed by atoms with Crippen molar-refractivity contribution < 1.29 is 96.4 Å². The van der Waals surface area contributed by atoms with Gasteiger partial charge in [-0.15, -0.1) is 37.4 Å². The number of hydrogen-bond donors (Lipinski definition) is 3. The minimum absolute atomic E-state index is 0. The molecule has 4 aromatic rings. The summed E-state index contributed by atoms with van der Waals surface area (Å²) in [7, 11) is 0. The zero-order valence-electron chi connectivity index (χ0n) is 64.9. The maximum atomic E-state index is 12.8. The van der Waals surface area contributed by atoms with Crippen molar-refractivity contribution in [2.45, 2.75) is 258 Å². The Kier molecular flexibility index (Phi) is 88.0. The standard InChI is InChI=1S/C22H35FO3S.C20H33FO2S.C20H31FO2.C13H26O2.C7H6ClF.C2H4OS.Na.H/c1-20(24)27-18-10-8-6-4-2-3-5-7-9-15-25-16-17-26-19-21-11-13-22(23)14-12-21;21-20-12-10-19(11-13-20)18-23-16-15-22-14-8-6-4-2-1-3-5-7-9-17-24;1-2-3-4-5-6-7-8-9-10-15-22-16-17-23-18-19-11-13-20(21)14-12-19;1-2-3-4-5-6-7-8-9-10-12-15-13-11-14;8-5-6-1-3-7(9)4-2-6;1-2(3)4;;/h11-14H,2-10,15-19H2,1H3;10-13,24H,1-9,14-18H2;2,11-14H,1,3-10,15-18H2;2,14H,1,3-13H2;1-4H,5H2;1H3,(H,3,4);;/q;;;;;;+1;-1. The Morgan fingerprint density at radius 1 is 0.388 bits per heavy atom. The van der Waals surface area contributed by atoms with Gasteiger partial charge in [-0.1, -0.05) is 227 Å². The number of ether oxygens (including phenoxy) is 7. The molecule has 0 heterocycles. The second kappa shape index (κ2) is 86.7. The third-order valence-corrected chi connectivity index (χ3v) is 17.1. The summed E-state index contributed by atoms with van der Waals surface area (Å²) in [5, 5.41) is 8.57. The van der Waals surface area contributed by atoms with E-state index in [4.69, 9.17) is 49.9 Å². The number of carbonyl (C=O) groups is 2. The molecule has 103 heavy (non-hydrogen) atoms. The van der Waals surface area contributed by atoms with Crippen molar-refractivity contribution in [3.8, 4) is 0 Å². The minimum Gasteiger partial charge on any atom is -1.00 e. The van der Waals surface area contributed by atoms with Crippen LogP contribution in [0.15, 0.2) is 122 Å². The van der Waals surface area contributed by atoms with Crippen LogP contribution in [-0.4, -0.2) is 106 Å². The van der Waals surface area contributed by atoms with Crippen molar-refractivity contribution in [1.82, 2.24) is 0 Å². The molecule has 0 aromatic heterocycles. The van der Waals surface area contributed by atoms with Gasteiger partial charge in [-0.05, 0) is 141 Å². The van der Waals surface area contributed by atoms with Crippen LogP contribution in [0.2, 0.25) is 0 Å². The number of thiol groups is 2. The normalized spacial score (nSPS) is 10.5. The van der Waals surface area contributed by atoms with Gasteiger partial charge in [0.2, 0.25) is 0 Å². The van der Waals surface area contributed by atoms with E-state index < -0.39 is 0 Å². The first kappa shape index (κ1) is 105. The zero-order chi connectivity index (χ0) is 74.9. The van der Waals surface area contributed by atoms with E-state index in [0.29, 0.717) is 71.9 Å². The number of thioether (sulfide) groups is 1. The number of allylic oxidation sites excluding steroid dienone is 2. The van der Waals surface area contributed by atoms with Crippen LogP contribution in [0.25, 0.3) is 0 Å². The van der Waals surface area contributed by atoms with E-state index in [2.05, 4.69) is 38.4 Å². The number of alkyl halides is 1. The fourth-order valence-corrected chi connectivity index (χ4v) is 10.8. The van der Waals surface area contributed by atoms with Gasteiger partial charge in [-0.3, -0.25) is 9.59 Å². The molecule has 10 nitrogen and oxygen atoms in total. The van der Waals surface area contributed by atoms with E-state index in [-0.39, 0.29) is 71.1 Å². The molecule has 0 atom stereocenters. The number of carbonyl (C=O) groups excluding carboxylic acids is 2. The van der Waals surface area contributed by atoms with Crippen molar-refractivity contribution in [3.63, 3.8) is 0 Å². The van der Waals surface area contributed by atoms with E-state index in [9.17, 15) is 27.2 Å². The second-order valence-corrected chi connectivity index (χ2v) is 27.6. The molecule has 0 spiro atoms. The fraction of sp³-hybridized carbons (Fsp3) is 0.643. The van der Waals surface area contributed by atoms with E-state index in [1.165, 1.54) is 241 Å². The molecule has 0 aliphatic heterocycles. The van der Waals surface area contributed by atoms with E-state index in [1.54, 1.807) is 55.5 Å². The monoisotopic (exact) mass is 1530 g/mol. The number of rotatable bonds is 61. The predicted molar refractivity (Wildman–Crippen MR) is 430 cm³/mol. The molecule has 0 fully saturated rings. The van der Waals surface area contributed by atoms with Crippen LogP contribution < -0.4 is 29.6 Å². The Balaban J connectivity index is -0.000000608. The van der Waals surface area contributed by atoms with Gasteiger partial charge in [-0.2, -0.15) is 12.6 Å². The van der Waals surface area contributed by atoms with Crippen LogP contribution >= 0.6 is 48.6 Å². The third kappa shape index (κ3) is 86.6. The van der Waals surface area contributed by atoms with Crippen LogP contribution in [0.5, 0.6) is 0 Å². The molecule has 19 heteroatoms. The van der Waals surface area contributed by atoms with Crippen molar-refractivity contribution in [2.75, 3.05) is 90.8 Å². The summed E-state index contributed by atoms with van der Waals surface area (Å²) in [4.78, 5) is 20.1. The smallest absolute Gasteiger partial charge is 1.00 e. The molecule has 586 valence electrons. The number of unbranched alkanes of at least 4 members (excludes halogenated alkanes) is 30. The largest absolute Gasteiger partial charge is 1.00 e. The summed E-state index contributed by atoms with van der Waals surface area (Å²) in [6.07, 6.45) is 47.3. The molecular weight excluding hydrogens is 1400 g/mol. The summed E-state index contributed by atoms with van der Waals surface area (Å²) in [6.45, 7) is 19.5. The van der Waals surface area contributed by atoms with E-state index in [1.807, 2.05) is 12.2 Å². The molecule has 0 radical (unpaired) electrons. The molecule has 0 aliphatic carbocycles. The summed E-state index contributed by atoms with van der Waals surface area (Å²) >= 11 is 14.5. The Morgan fingerprint density at radius 3 is 0.874 bits per heavy atom. The molecule has 0 amide bonds. The van der Waals surface area contributed by atoms with Crippen molar-refractivity contribution in [1.29, 1.82) is 0 Å². The van der Waals surface area contributed by atoms with Crippen LogP contribution in [0.3, 0.4) is 0 Å². The molecule has 1 N–H and O–H groups in total. The summed E-state index contributed by atoms with van der Waals surface area (Å²) in [6, 6.07) is 25.3. The molecule has 0 saturated carbocycles. The van der Waals surface area contributed by atoms with Crippen LogP contribution in [0.1, 0.15) is 256 Å². The van der Waals surface area contributed by atoms with Gasteiger partial charge in [0.15, 0.2) is 10.2 Å². The summed E-state index contributed by atoms with van der Waals surface area (Å²) in [5.41, 5.74) is 3.89. The average Bonchev–Trinajstić information content (AvgIpc) is 1.02. The molecule has 0 aliphatic rings. The van der Waals surface area contributed by atoms with Gasteiger partial charge in [0, 0.05) is 51.9 Å². The van der Waals surface area contributed by atoms with Gasteiger partial charge in [0.25, 0.3) is 0 Å². The Morgan fingerprint density at radius 2 is 0.621 bits per heavy atom. The molecule has 4 rings (SSSR count). The first-order valence-electron chi connectivity index (χ1n) is 38.2. The maximum Gasteiger partial charge on any atom is 1.00 e. The second-order valence-electron chi connectivity index (χ2n) is 25.0. The molecule has 0 unspecified atom stereocenters. The first-order valence-corrected chi connectivity index (χ1v) is 40.8. The molecule has 0 saturated heterocycles. The topological polar surface area (TPSA) is 119 Å². The van der Waals surface area contributed by atoms with Gasteiger partial charge in [0.05, 0.1) is 72.7 Å². The van der Waals surface area contributed by atoms with Gasteiger partial charge < -0.3 is 39.7 Å². The van der Waals surface area contributed by atoms with Crippen LogP contribution in [0.4, 0.5) is 17.6 Å². The predicted octanol–water partition coefficient (Wildman–Crippen LogP) is 21.1. The quantitative estimate of drug-likeness (QED) is 0.00979. The number of aliphatic hydroxyl groups is 1. The summed E-state index contributed by atoms with van der Waals surface area (Å²) in [5.74, 6) is 1.58. The summed E-state index contributed by atoms with van der Waals surface area (Å²) < 4.78 is 88.8. The number of benzene rings is 4. The Labute approximate surface area is 666 Å². The van der Waals surface area contributed by atoms with Gasteiger partial charge in [0.1, 0.15) is 23.3 Å². The van der Waals surface area contributed by atoms with E-state index in [0.717, 1.165) is 105 Å². The Hall–Kier alpha value is -2.56. The van der Waals surface area contributed by atoms with Crippen molar-refractivity contribution >= 4 is 58.9 Å². The zero-order valence-corrected chi connectivity index (χ0v) is 69.3. The van der Waals surface area contributed by atoms with Crippen LogP contribution in [0, 0.1) is 23.3 Å². The number of halogens is 5. The molecule has 0 bridgehead atoms. The van der Waals surface area contributed by atoms with Gasteiger partial charge in [-0.25, -0.2) is 17.6 Å². The Bertz CT molecular complexity index is 2400. The number of aliphatic hydroxyl groups excluding tert-OH is 1. The van der Waals surface area contributed by atoms with Crippen LogP contribution in [-0.2, 0) is 68.4 Å². The van der Waals surface area contributed by atoms with Gasteiger partial charge >= 0.3 is 29.6 Å². The fourth-order valence-electron chi connectivity index (χ4n) is 9.78. The molecular formula is C84H136ClF4NaO10S3. The SMILES string of the molecule is C=CCCCCCCCCCOCCO.C=CCCCCCCCCCOCCOCc1ccc(F)cc1.CC(=O)S.CC(=O)SCCCCCCCCCCCOCCOCc1ccc(F)cc1.Fc1ccc(CCl)cc1.Fc1ccc(COCCOCCCCCCCCCCCS)cc1.[H-].[Na+]. The van der Waals surface area contributed by atoms with Crippen molar-refractivity contribution in [3.05, 3.63) is 168 Å². The average molecular weight is 1540 g/mol. The minimum atomic E-state index is -0.220. The molecule has 4 aromatic carbocycles. The first-order chi connectivity index (χ1) is 49.8. The van der Waals surface area contributed by atoms with Crippen molar-refractivity contribution in [2.24, 2.45) is 0 Å². The maximum absolute atomic E-state index is 12.8.